The number of carbonyl (C=O) groups excluding carboxylic acids is 1. The highest BCUT2D eigenvalue weighted by atomic mass is 35.5. The molecule has 2 aromatic heterocycles. The Kier molecular flexibility index (Phi) is 5.49. The van der Waals surface area contributed by atoms with Gasteiger partial charge in [-0.2, -0.15) is 0 Å². The summed E-state index contributed by atoms with van der Waals surface area (Å²) in [4.78, 5) is 19.2. The number of hydrogen-bond acceptors (Lipinski definition) is 5. The number of halogens is 1. The van der Waals surface area contributed by atoms with Crippen molar-refractivity contribution >= 4 is 29.0 Å². The second-order valence-corrected chi connectivity index (χ2v) is 7.69. The first-order chi connectivity index (χ1) is 14.0. The molecule has 3 heterocycles. The van der Waals surface area contributed by atoms with Crippen molar-refractivity contribution in [2.24, 2.45) is 5.92 Å². The molecule has 29 heavy (non-hydrogen) atoms. The second-order valence-electron chi connectivity index (χ2n) is 7.28. The first-order valence-corrected chi connectivity index (χ1v) is 10.1. The number of imidazole rings is 1. The van der Waals surface area contributed by atoms with Crippen LogP contribution in [-0.4, -0.2) is 38.7 Å². The number of rotatable bonds is 4. The molecule has 150 valence electrons. The minimum Gasteiger partial charge on any atom is -0.354 e. The van der Waals surface area contributed by atoms with Crippen LogP contribution in [0.4, 0.5) is 11.5 Å². The Bertz CT molecular complexity index is 1020. The van der Waals surface area contributed by atoms with Gasteiger partial charge in [-0.1, -0.05) is 17.7 Å². The molecule has 1 fully saturated rings. The highest BCUT2D eigenvalue weighted by molar-refractivity contribution is 6.31. The van der Waals surface area contributed by atoms with E-state index in [1.54, 1.807) is 6.20 Å². The van der Waals surface area contributed by atoms with Crippen LogP contribution in [0.2, 0.25) is 5.02 Å². The SMILES string of the molecule is Cc1c(Cl)cccc1NC(=O)C1CCCN(c2ccc(-n3ccnc3C)nn2)C1. The van der Waals surface area contributed by atoms with Crippen molar-refractivity contribution in [3.63, 3.8) is 0 Å². The topological polar surface area (TPSA) is 75.9 Å². The van der Waals surface area contributed by atoms with Gasteiger partial charge < -0.3 is 10.2 Å². The molecule has 1 aliphatic heterocycles. The maximum atomic E-state index is 12.8. The maximum Gasteiger partial charge on any atom is 0.229 e. The summed E-state index contributed by atoms with van der Waals surface area (Å²) in [6, 6.07) is 9.42. The number of hydrogen-bond donors (Lipinski definition) is 1. The number of nitrogens with one attached hydrogen (secondary N) is 1. The van der Waals surface area contributed by atoms with Gasteiger partial charge in [0.05, 0.1) is 5.92 Å². The first-order valence-electron chi connectivity index (χ1n) is 9.68. The summed E-state index contributed by atoms with van der Waals surface area (Å²) in [6.07, 6.45) is 5.37. The Hall–Kier alpha value is -2.93. The minimum atomic E-state index is -0.112. The summed E-state index contributed by atoms with van der Waals surface area (Å²) in [5.41, 5.74) is 1.64. The van der Waals surface area contributed by atoms with Gasteiger partial charge in [-0.15, -0.1) is 10.2 Å². The number of carbonyl (C=O) groups is 1. The third-order valence-electron chi connectivity index (χ3n) is 5.35. The van der Waals surface area contributed by atoms with Crippen molar-refractivity contribution in [1.82, 2.24) is 19.7 Å². The molecule has 0 radical (unpaired) electrons. The average Bonchev–Trinajstić information content (AvgIpc) is 3.17. The fourth-order valence-corrected chi connectivity index (χ4v) is 3.79. The Morgan fingerprint density at radius 1 is 1.17 bits per heavy atom. The van der Waals surface area contributed by atoms with Crippen LogP contribution in [0.5, 0.6) is 0 Å². The fraction of sp³-hybridized carbons (Fsp3) is 0.333. The third-order valence-corrected chi connectivity index (χ3v) is 5.76. The van der Waals surface area contributed by atoms with Crippen molar-refractivity contribution in [2.45, 2.75) is 26.7 Å². The van der Waals surface area contributed by atoms with Crippen LogP contribution in [0, 0.1) is 19.8 Å². The summed E-state index contributed by atoms with van der Waals surface area (Å²) in [7, 11) is 0. The lowest BCUT2D eigenvalue weighted by molar-refractivity contribution is -0.120. The molecule has 1 atom stereocenters. The van der Waals surface area contributed by atoms with Crippen molar-refractivity contribution in [3.05, 3.63) is 59.1 Å². The lowest BCUT2D eigenvalue weighted by atomic mass is 9.97. The summed E-state index contributed by atoms with van der Waals surface area (Å²) >= 11 is 6.17. The zero-order valence-corrected chi connectivity index (χ0v) is 17.2. The molecule has 0 bridgehead atoms. The molecule has 0 aliphatic carbocycles. The number of piperidine rings is 1. The highest BCUT2D eigenvalue weighted by Crippen LogP contribution is 2.26. The van der Waals surface area contributed by atoms with Crippen molar-refractivity contribution < 1.29 is 4.79 Å². The Morgan fingerprint density at radius 3 is 2.69 bits per heavy atom. The third kappa shape index (κ3) is 4.10. The van der Waals surface area contributed by atoms with E-state index in [-0.39, 0.29) is 11.8 Å². The van der Waals surface area contributed by atoms with Crippen LogP contribution >= 0.6 is 11.6 Å². The van der Waals surface area contributed by atoms with Crippen molar-refractivity contribution in [3.8, 4) is 5.82 Å². The number of aromatic nitrogens is 4. The molecular weight excluding hydrogens is 388 g/mol. The number of benzene rings is 1. The predicted molar refractivity (Wildman–Crippen MR) is 114 cm³/mol. The van der Waals surface area contributed by atoms with Gasteiger partial charge in [0.2, 0.25) is 5.91 Å². The monoisotopic (exact) mass is 410 g/mol. The van der Waals surface area contributed by atoms with E-state index in [0.717, 1.165) is 48.1 Å². The summed E-state index contributed by atoms with van der Waals surface area (Å²) in [5.74, 6) is 2.27. The smallest absolute Gasteiger partial charge is 0.229 e. The summed E-state index contributed by atoms with van der Waals surface area (Å²) in [6.45, 7) is 5.30. The van der Waals surface area contributed by atoms with Crippen LogP contribution in [-0.2, 0) is 4.79 Å². The van der Waals surface area contributed by atoms with Crippen LogP contribution in [0.1, 0.15) is 24.2 Å². The molecule has 1 aromatic carbocycles. The Morgan fingerprint density at radius 2 is 1.97 bits per heavy atom. The quantitative estimate of drug-likeness (QED) is 0.708. The van der Waals surface area contributed by atoms with Gasteiger partial charge in [-0.05, 0) is 56.5 Å². The zero-order chi connectivity index (χ0) is 20.4. The summed E-state index contributed by atoms with van der Waals surface area (Å²) in [5, 5.41) is 12.4. The van der Waals surface area contributed by atoms with Gasteiger partial charge in [0, 0.05) is 36.2 Å². The molecule has 0 saturated carbocycles. The van der Waals surface area contributed by atoms with Gasteiger partial charge in [-0.3, -0.25) is 9.36 Å². The number of nitrogens with zero attached hydrogens (tertiary/aromatic N) is 5. The van der Waals surface area contributed by atoms with E-state index in [2.05, 4.69) is 25.4 Å². The van der Waals surface area contributed by atoms with Crippen LogP contribution in [0.3, 0.4) is 0 Å². The van der Waals surface area contributed by atoms with E-state index in [4.69, 9.17) is 11.6 Å². The van der Waals surface area contributed by atoms with Crippen LogP contribution in [0.15, 0.2) is 42.7 Å². The number of amides is 1. The van der Waals surface area contributed by atoms with Crippen molar-refractivity contribution in [2.75, 3.05) is 23.3 Å². The molecule has 3 aromatic rings. The van der Waals surface area contributed by atoms with E-state index < -0.39 is 0 Å². The fourth-order valence-electron chi connectivity index (χ4n) is 3.61. The highest BCUT2D eigenvalue weighted by Gasteiger charge is 2.27. The average molecular weight is 411 g/mol. The van der Waals surface area contributed by atoms with Crippen molar-refractivity contribution in [1.29, 1.82) is 0 Å². The molecule has 1 aliphatic rings. The van der Waals surface area contributed by atoms with E-state index >= 15 is 0 Å². The number of aryl methyl sites for hydroxylation is 1. The molecule has 1 N–H and O–H groups in total. The first kappa shape index (κ1) is 19.4. The molecule has 1 unspecified atom stereocenters. The Balaban J connectivity index is 1.44. The molecule has 1 saturated heterocycles. The maximum absolute atomic E-state index is 12.8. The van der Waals surface area contributed by atoms with Crippen LogP contribution < -0.4 is 10.2 Å². The van der Waals surface area contributed by atoms with Gasteiger partial charge in [0.1, 0.15) is 5.82 Å². The van der Waals surface area contributed by atoms with E-state index in [1.165, 1.54) is 0 Å². The largest absolute Gasteiger partial charge is 0.354 e. The van der Waals surface area contributed by atoms with E-state index in [9.17, 15) is 4.79 Å². The Labute approximate surface area is 174 Å². The molecule has 0 spiro atoms. The minimum absolute atomic E-state index is 0.0127. The molecular formula is C21H23ClN6O. The van der Waals surface area contributed by atoms with Crippen LogP contribution in [0.25, 0.3) is 5.82 Å². The standard InChI is InChI=1S/C21H23ClN6O/c1-14-17(22)6-3-7-18(14)24-21(29)16-5-4-11-27(13-16)19-8-9-20(26-25-19)28-12-10-23-15(28)2/h3,6-10,12,16H,4-5,11,13H2,1-2H3,(H,24,29). The second kappa shape index (κ2) is 8.21. The van der Waals surface area contributed by atoms with E-state index in [1.807, 2.05) is 54.9 Å². The van der Waals surface area contributed by atoms with Gasteiger partial charge in [0.15, 0.2) is 11.6 Å². The predicted octanol–water partition coefficient (Wildman–Crippen LogP) is 3.79. The van der Waals surface area contributed by atoms with E-state index in [0.29, 0.717) is 11.6 Å². The van der Waals surface area contributed by atoms with Gasteiger partial charge in [0.25, 0.3) is 0 Å². The lowest BCUT2D eigenvalue weighted by Gasteiger charge is -2.32. The summed E-state index contributed by atoms with van der Waals surface area (Å²) < 4.78 is 1.89. The molecule has 8 heteroatoms. The molecule has 7 nitrogen and oxygen atoms in total. The van der Waals surface area contributed by atoms with Gasteiger partial charge in [-0.25, -0.2) is 4.98 Å². The molecule has 4 rings (SSSR count). The number of anilines is 2. The normalized spacial score (nSPS) is 16.7. The molecule has 1 amide bonds. The van der Waals surface area contributed by atoms with Gasteiger partial charge >= 0.3 is 0 Å². The lowest BCUT2D eigenvalue weighted by Crippen LogP contribution is -2.41. The zero-order valence-electron chi connectivity index (χ0n) is 16.5.